The molecule has 1 unspecified atom stereocenters. The Morgan fingerprint density at radius 1 is 1.02 bits per heavy atom. The summed E-state index contributed by atoms with van der Waals surface area (Å²) in [5, 5.41) is 41.3. The van der Waals surface area contributed by atoms with Crippen molar-refractivity contribution in [2.75, 3.05) is 50.0 Å². The number of quaternary nitrogens is 1. The number of ether oxygens (including phenoxy) is 1. The van der Waals surface area contributed by atoms with Gasteiger partial charge in [0.15, 0.2) is 0 Å². The van der Waals surface area contributed by atoms with Crippen molar-refractivity contribution in [2.45, 2.75) is 76.2 Å². The van der Waals surface area contributed by atoms with Gasteiger partial charge in [0.25, 0.3) is 0 Å². The molecule has 7 rings (SSSR count). The number of amides is 2. The summed E-state index contributed by atoms with van der Waals surface area (Å²) in [6.45, 7) is 6.93. The summed E-state index contributed by atoms with van der Waals surface area (Å²) in [5.41, 5.74) is 3.60. The molecule has 0 spiro atoms. The standard InChI is InChI=1S/C40H52N4O6/c1-28-21-29(23-41-24-37(47)31-12-14-36(46)35(22-31)42-27-45)11-13-34(28)43-39(48)17-20-44-18-15-30(16-19-44)38(25-44)50-26-40(49,33-9-5-6-10-33)32-7-3-2-4-8-32/h2-4,7-8,11-14,21-22,27,30,33,37-38,41,47,49H,5-6,9-10,15-20,23-26H2,1H3,(H2-,42,43,45,46,48)/p+1/t30?,37-,38-,40?,44?/m0/s1. The average molecular weight is 686 g/mol. The van der Waals surface area contributed by atoms with E-state index in [-0.39, 0.29) is 35.9 Å². The largest absolute Gasteiger partial charge is 0.506 e. The zero-order valence-electron chi connectivity index (χ0n) is 29.2. The Morgan fingerprint density at radius 3 is 2.50 bits per heavy atom. The summed E-state index contributed by atoms with van der Waals surface area (Å²) >= 11 is 0. The second-order valence-electron chi connectivity index (χ2n) is 14.8. The molecule has 2 amide bonds. The number of hydrogen-bond acceptors (Lipinski definition) is 7. The van der Waals surface area contributed by atoms with Crippen LogP contribution in [0.5, 0.6) is 5.75 Å². The van der Waals surface area contributed by atoms with Crippen LogP contribution in [0, 0.1) is 18.8 Å². The lowest BCUT2D eigenvalue weighted by Crippen LogP contribution is -2.65. The molecular weight excluding hydrogens is 632 g/mol. The molecule has 3 aromatic rings. The van der Waals surface area contributed by atoms with Crippen LogP contribution in [0.4, 0.5) is 11.4 Å². The molecule has 0 radical (unpaired) electrons. The number of nitrogens with one attached hydrogen (secondary N) is 3. The lowest BCUT2D eigenvalue weighted by molar-refractivity contribution is -0.946. The highest BCUT2D eigenvalue weighted by atomic mass is 16.5. The summed E-state index contributed by atoms with van der Waals surface area (Å²) in [5.74, 6) is 0.679. The summed E-state index contributed by atoms with van der Waals surface area (Å²) in [7, 11) is 0. The van der Waals surface area contributed by atoms with Crippen LogP contribution in [0.25, 0.3) is 0 Å². The van der Waals surface area contributed by atoms with Crippen molar-refractivity contribution in [2.24, 2.45) is 11.8 Å². The topological polar surface area (TPSA) is 140 Å². The fourth-order valence-electron chi connectivity index (χ4n) is 8.46. The molecule has 3 aliphatic heterocycles. The Labute approximate surface area is 295 Å². The molecule has 2 bridgehead atoms. The van der Waals surface area contributed by atoms with Crippen LogP contribution in [0.2, 0.25) is 0 Å². The lowest BCUT2D eigenvalue weighted by Gasteiger charge is -2.52. The van der Waals surface area contributed by atoms with Gasteiger partial charge in [-0.15, -0.1) is 0 Å². The summed E-state index contributed by atoms with van der Waals surface area (Å²) < 4.78 is 7.58. The number of carbonyl (C=O) groups excluding carboxylic acids is 2. The highest BCUT2D eigenvalue weighted by Gasteiger charge is 2.48. The molecule has 3 aromatic carbocycles. The number of aliphatic hydroxyl groups is 2. The third-order valence-electron chi connectivity index (χ3n) is 11.5. The summed E-state index contributed by atoms with van der Waals surface area (Å²) in [6, 6.07) is 20.6. The number of fused-ring (bicyclic) bond motifs is 3. The van der Waals surface area contributed by atoms with Gasteiger partial charge in [0.05, 0.1) is 44.5 Å². The Bertz CT molecular complexity index is 1600. The van der Waals surface area contributed by atoms with Gasteiger partial charge in [0.2, 0.25) is 12.3 Å². The Morgan fingerprint density at radius 2 is 1.78 bits per heavy atom. The van der Waals surface area contributed by atoms with Crippen LogP contribution in [-0.2, 0) is 26.5 Å². The molecule has 6 N–H and O–H groups in total. The molecule has 10 heteroatoms. The quantitative estimate of drug-likeness (QED) is 0.0699. The van der Waals surface area contributed by atoms with Gasteiger partial charge < -0.3 is 40.5 Å². The predicted molar refractivity (Wildman–Crippen MR) is 193 cm³/mol. The average Bonchev–Trinajstić information content (AvgIpc) is 3.69. The van der Waals surface area contributed by atoms with Crippen molar-refractivity contribution < 1.29 is 34.1 Å². The van der Waals surface area contributed by atoms with E-state index in [9.17, 15) is 24.9 Å². The van der Waals surface area contributed by atoms with Gasteiger partial charge in [-0.3, -0.25) is 9.59 Å². The Hall–Kier alpha value is -3.80. The number of aromatic hydroxyl groups is 1. The zero-order chi connectivity index (χ0) is 35.1. The van der Waals surface area contributed by atoms with E-state index in [1.807, 2.05) is 55.5 Å². The van der Waals surface area contributed by atoms with Gasteiger partial charge in [0, 0.05) is 37.5 Å². The fourth-order valence-corrected chi connectivity index (χ4v) is 8.46. The molecule has 50 heavy (non-hydrogen) atoms. The number of benzene rings is 3. The smallest absolute Gasteiger partial charge is 0.230 e. The number of phenolic OH excluding ortho intramolecular Hbond substituents is 1. The monoisotopic (exact) mass is 685 g/mol. The number of aryl methyl sites for hydroxylation is 1. The number of anilines is 2. The van der Waals surface area contributed by atoms with Gasteiger partial charge in [-0.05, 0) is 66.1 Å². The highest BCUT2D eigenvalue weighted by molar-refractivity contribution is 5.91. The minimum absolute atomic E-state index is 0.0109. The molecule has 0 aromatic heterocycles. The first kappa shape index (κ1) is 36.0. The molecule has 3 atom stereocenters. The predicted octanol–water partition coefficient (Wildman–Crippen LogP) is 5.12. The van der Waals surface area contributed by atoms with Crippen molar-refractivity contribution in [1.29, 1.82) is 0 Å². The Balaban J connectivity index is 0.979. The SMILES string of the molecule is Cc1cc(CNC[C@H](O)c2ccc(O)c(NC=O)c2)ccc1NC(=O)CC[N+]12CCC(CC1)[C@@H](OCC(O)(c1ccccc1)C1CCCC1)C2. The maximum absolute atomic E-state index is 13.2. The van der Waals surface area contributed by atoms with E-state index >= 15 is 0 Å². The van der Waals surface area contributed by atoms with Crippen LogP contribution in [0.3, 0.4) is 0 Å². The van der Waals surface area contributed by atoms with E-state index in [1.54, 1.807) is 12.1 Å². The molecule has 1 saturated carbocycles. The van der Waals surface area contributed by atoms with Gasteiger partial charge >= 0.3 is 0 Å². The minimum atomic E-state index is -0.965. The number of rotatable bonds is 16. The van der Waals surface area contributed by atoms with Crippen LogP contribution in [0.15, 0.2) is 66.7 Å². The van der Waals surface area contributed by atoms with E-state index < -0.39 is 11.7 Å². The number of carbonyl (C=O) groups is 2. The van der Waals surface area contributed by atoms with E-state index in [0.29, 0.717) is 37.5 Å². The maximum Gasteiger partial charge on any atom is 0.230 e. The third kappa shape index (κ3) is 8.38. The molecule has 3 saturated heterocycles. The number of piperidine rings is 3. The van der Waals surface area contributed by atoms with Crippen molar-refractivity contribution in [1.82, 2.24) is 5.32 Å². The van der Waals surface area contributed by atoms with Crippen LogP contribution in [-0.4, -0.2) is 77.6 Å². The molecular formula is C40H53N4O6+. The molecule has 4 fully saturated rings. The Kier molecular flexibility index (Phi) is 11.6. The van der Waals surface area contributed by atoms with Crippen LogP contribution >= 0.6 is 0 Å². The second kappa shape index (κ2) is 16.0. The number of nitrogens with zero attached hydrogens (tertiary/aromatic N) is 1. The number of hydrogen-bond donors (Lipinski definition) is 6. The zero-order valence-corrected chi connectivity index (χ0v) is 29.2. The van der Waals surface area contributed by atoms with Gasteiger partial charge in [-0.25, -0.2) is 0 Å². The highest BCUT2D eigenvalue weighted by Crippen LogP contribution is 2.43. The van der Waals surface area contributed by atoms with Gasteiger partial charge in [-0.2, -0.15) is 0 Å². The minimum Gasteiger partial charge on any atom is -0.506 e. The van der Waals surface area contributed by atoms with E-state index in [2.05, 4.69) is 16.0 Å². The molecule has 268 valence electrons. The van der Waals surface area contributed by atoms with Crippen molar-refractivity contribution >= 4 is 23.7 Å². The first-order valence-electron chi connectivity index (χ1n) is 18.2. The van der Waals surface area contributed by atoms with Crippen LogP contribution < -0.4 is 16.0 Å². The van der Waals surface area contributed by atoms with Crippen molar-refractivity contribution in [3.8, 4) is 5.75 Å². The lowest BCUT2D eigenvalue weighted by atomic mass is 9.80. The maximum atomic E-state index is 13.2. The molecule has 10 nitrogen and oxygen atoms in total. The normalized spacial score (nSPS) is 23.7. The van der Waals surface area contributed by atoms with Gasteiger partial charge in [-0.1, -0.05) is 61.4 Å². The molecule has 1 aliphatic carbocycles. The van der Waals surface area contributed by atoms with Crippen molar-refractivity contribution in [3.63, 3.8) is 0 Å². The molecule has 4 aliphatic rings. The van der Waals surface area contributed by atoms with Crippen molar-refractivity contribution in [3.05, 3.63) is 89.0 Å². The first-order chi connectivity index (χ1) is 24.2. The second-order valence-corrected chi connectivity index (χ2v) is 14.8. The van der Waals surface area contributed by atoms with E-state index in [0.717, 1.165) is 91.6 Å². The van der Waals surface area contributed by atoms with E-state index in [4.69, 9.17) is 4.74 Å². The van der Waals surface area contributed by atoms with Gasteiger partial charge in [0.1, 0.15) is 24.0 Å². The summed E-state index contributed by atoms with van der Waals surface area (Å²) in [4.78, 5) is 24.0. The fraction of sp³-hybridized carbons (Fsp3) is 0.500. The first-order valence-corrected chi connectivity index (χ1v) is 18.2. The van der Waals surface area contributed by atoms with Crippen LogP contribution in [0.1, 0.15) is 73.3 Å². The number of phenols is 1. The van der Waals surface area contributed by atoms with E-state index in [1.165, 1.54) is 6.07 Å². The third-order valence-corrected chi connectivity index (χ3v) is 11.5. The number of aliphatic hydroxyl groups excluding tert-OH is 1. The summed E-state index contributed by atoms with van der Waals surface area (Å²) in [6.07, 6.45) is 6.78. The molecule has 3 heterocycles.